The van der Waals surface area contributed by atoms with Gasteiger partial charge in [0.2, 0.25) is 0 Å². The molecule has 0 amide bonds. The number of fused-ring (bicyclic) bond motifs is 7. The highest BCUT2D eigenvalue weighted by atomic mass is 32.1. The van der Waals surface area contributed by atoms with Gasteiger partial charge in [-0.15, -0.1) is 11.3 Å². The maximum Gasteiger partial charge on any atom is 0.164 e. The fraction of sp³-hybridized carbons (Fsp3) is 0.0444. The minimum absolute atomic E-state index is 0.341. The molecule has 9 aromatic rings. The maximum atomic E-state index is 5.21. The molecule has 4 heteroatoms. The number of nitrogens with zero attached hydrogens (tertiary/aromatic N) is 3. The molecule has 0 radical (unpaired) electrons. The predicted molar refractivity (Wildman–Crippen MR) is 206 cm³/mol. The summed E-state index contributed by atoms with van der Waals surface area (Å²) in [5.41, 5.74) is 6.95. The van der Waals surface area contributed by atoms with E-state index in [1.165, 1.54) is 53.0 Å². The van der Waals surface area contributed by atoms with Crippen LogP contribution in [0.15, 0.2) is 152 Å². The normalized spacial score (nSPS) is 14.2. The first-order valence-electron chi connectivity index (χ1n) is 16.7. The van der Waals surface area contributed by atoms with E-state index in [0.29, 0.717) is 23.4 Å². The first-order valence-corrected chi connectivity index (χ1v) is 17.5. The van der Waals surface area contributed by atoms with E-state index in [2.05, 4.69) is 140 Å². The smallest absolute Gasteiger partial charge is 0.164 e. The first-order chi connectivity index (χ1) is 24.2. The Morgan fingerprint density at radius 3 is 1.98 bits per heavy atom. The maximum absolute atomic E-state index is 5.21. The summed E-state index contributed by atoms with van der Waals surface area (Å²) in [6.45, 7) is 0. The van der Waals surface area contributed by atoms with E-state index in [-0.39, 0.29) is 0 Å². The lowest BCUT2D eigenvalue weighted by Gasteiger charge is -2.20. The van der Waals surface area contributed by atoms with Gasteiger partial charge < -0.3 is 0 Å². The zero-order chi connectivity index (χ0) is 32.3. The highest BCUT2D eigenvalue weighted by Gasteiger charge is 2.19. The number of benzene rings is 7. The van der Waals surface area contributed by atoms with Crippen molar-refractivity contribution in [2.24, 2.45) is 0 Å². The van der Waals surface area contributed by atoms with Gasteiger partial charge in [0.1, 0.15) is 0 Å². The van der Waals surface area contributed by atoms with Gasteiger partial charge in [-0.2, -0.15) is 0 Å². The zero-order valence-corrected chi connectivity index (χ0v) is 27.4. The summed E-state index contributed by atoms with van der Waals surface area (Å²) < 4.78 is 2.57. The zero-order valence-electron chi connectivity index (χ0n) is 26.5. The minimum atomic E-state index is 0.341. The van der Waals surface area contributed by atoms with Crippen molar-refractivity contribution in [1.82, 2.24) is 15.0 Å². The number of rotatable bonds is 4. The highest BCUT2D eigenvalue weighted by Crippen LogP contribution is 2.43. The monoisotopic (exact) mass is 643 g/mol. The fourth-order valence-corrected chi connectivity index (χ4v) is 8.58. The Morgan fingerprint density at radius 2 is 1.16 bits per heavy atom. The number of aromatic nitrogens is 3. The molecule has 3 nitrogen and oxygen atoms in total. The van der Waals surface area contributed by atoms with Gasteiger partial charge in [0.25, 0.3) is 0 Å². The molecule has 0 N–H and O–H groups in total. The quantitative estimate of drug-likeness (QED) is 0.192. The van der Waals surface area contributed by atoms with Crippen molar-refractivity contribution in [3.05, 3.63) is 168 Å². The lowest BCUT2D eigenvalue weighted by atomic mass is 9.85. The van der Waals surface area contributed by atoms with Gasteiger partial charge in [-0.25, -0.2) is 15.0 Å². The minimum Gasteiger partial charge on any atom is -0.208 e. The second-order valence-electron chi connectivity index (χ2n) is 12.8. The van der Waals surface area contributed by atoms with Gasteiger partial charge >= 0.3 is 0 Å². The molecular weight excluding hydrogens is 615 g/mol. The van der Waals surface area contributed by atoms with E-state index in [0.717, 1.165) is 28.5 Å². The second-order valence-corrected chi connectivity index (χ2v) is 13.9. The topological polar surface area (TPSA) is 38.7 Å². The molecule has 1 unspecified atom stereocenters. The van der Waals surface area contributed by atoms with Crippen LogP contribution >= 0.6 is 11.3 Å². The molecule has 0 saturated carbocycles. The standard InChI is InChI=1S/C45H29N3S/c1-2-11-30(12-3-1)43-46-44(31-21-18-29(19-22-31)35-23-20-28-10-4-5-13-32(28)24-35)48-45(47-43)40-27-39-38-25-33-14-6-7-15-34(33)26-41(38)49-42(39)37-17-9-8-16-36(37)40/h1-23,25-27,35H,24H2. The molecule has 0 fully saturated rings. The van der Waals surface area contributed by atoms with Crippen LogP contribution in [0.2, 0.25) is 0 Å². The molecule has 1 aliphatic rings. The molecule has 0 aliphatic heterocycles. The molecule has 1 atom stereocenters. The largest absolute Gasteiger partial charge is 0.208 e. The lowest BCUT2D eigenvalue weighted by molar-refractivity contribution is 0.827. The van der Waals surface area contributed by atoms with Crippen LogP contribution in [0.5, 0.6) is 0 Å². The Labute approximate surface area is 287 Å². The van der Waals surface area contributed by atoms with Gasteiger partial charge in [0.05, 0.1) is 0 Å². The van der Waals surface area contributed by atoms with E-state index in [9.17, 15) is 0 Å². The van der Waals surface area contributed by atoms with Crippen molar-refractivity contribution in [2.45, 2.75) is 12.3 Å². The van der Waals surface area contributed by atoms with E-state index < -0.39 is 0 Å². The molecule has 230 valence electrons. The molecule has 49 heavy (non-hydrogen) atoms. The average molecular weight is 644 g/mol. The van der Waals surface area contributed by atoms with Crippen molar-refractivity contribution in [1.29, 1.82) is 0 Å². The molecule has 2 aromatic heterocycles. The van der Waals surface area contributed by atoms with Crippen LogP contribution in [0, 0.1) is 0 Å². The summed E-state index contributed by atoms with van der Waals surface area (Å²) in [5.74, 6) is 2.36. The Hall–Kier alpha value is -5.97. The van der Waals surface area contributed by atoms with E-state index in [1.807, 2.05) is 29.5 Å². The van der Waals surface area contributed by atoms with Crippen LogP contribution in [0.1, 0.15) is 22.6 Å². The number of hydrogen-bond donors (Lipinski definition) is 0. The van der Waals surface area contributed by atoms with Crippen molar-refractivity contribution < 1.29 is 0 Å². The molecule has 0 saturated heterocycles. The molecule has 2 heterocycles. The van der Waals surface area contributed by atoms with Crippen molar-refractivity contribution in [3.63, 3.8) is 0 Å². The number of allylic oxidation sites excluding steroid dienone is 1. The third-order valence-corrected chi connectivity index (χ3v) is 11.1. The molecule has 0 bridgehead atoms. The van der Waals surface area contributed by atoms with E-state index in [1.54, 1.807) is 0 Å². The molecule has 0 spiro atoms. The molecule has 10 rings (SSSR count). The Bertz CT molecular complexity index is 2740. The summed E-state index contributed by atoms with van der Waals surface area (Å²) in [7, 11) is 0. The lowest BCUT2D eigenvalue weighted by Crippen LogP contribution is -2.05. The molecule has 7 aromatic carbocycles. The van der Waals surface area contributed by atoms with Crippen LogP contribution in [0.3, 0.4) is 0 Å². The van der Waals surface area contributed by atoms with Crippen LogP contribution in [0.4, 0.5) is 0 Å². The van der Waals surface area contributed by atoms with Crippen LogP contribution in [-0.2, 0) is 6.42 Å². The molecule has 1 aliphatic carbocycles. The SMILES string of the molecule is C1=CC(c2ccc(-c3nc(-c4ccccc4)nc(-c4cc5c6cc7ccccc7cc6sc5c5ccccc45)n3)cc2)Cc2ccccc21. The third kappa shape index (κ3) is 4.83. The summed E-state index contributed by atoms with van der Waals surface area (Å²) in [6.07, 6.45) is 5.58. The number of hydrogen-bond acceptors (Lipinski definition) is 4. The Morgan fingerprint density at radius 1 is 0.510 bits per heavy atom. The van der Waals surface area contributed by atoms with Gasteiger partial charge in [-0.3, -0.25) is 0 Å². The van der Waals surface area contributed by atoms with Gasteiger partial charge in [-0.05, 0) is 57.5 Å². The van der Waals surface area contributed by atoms with Crippen molar-refractivity contribution in [2.75, 3.05) is 0 Å². The summed E-state index contributed by atoms with van der Waals surface area (Å²) in [5, 5.41) is 7.36. The Balaban J connectivity index is 1.14. The summed E-state index contributed by atoms with van der Waals surface area (Å²) in [6, 6.07) is 51.9. The summed E-state index contributed by atoms with van der Waals surface area (Å²) in [4.78, 5) is 15.4. The van der Waals surface area contributed by atoms with Crippen LogP contribution in [0.25, 0.3) is 82.0 Å². The fourth-order valence-electron chi connectivity index (χ4n) is 7.33. The van der Waals surface area contributed by atoms with Gasteiger partial charge in [-0.1, -0.05) is 140 Å². The van der Waals surface area contributed by atoms with Crippen LogP contribution in [-0.4, -0.2) is 15.0 Å². The number of thiophene rings is 1. The predicted octanol–water partition coefficient (Wildman–Crippen LogP) is 11.9. The van der Waals surface area contributed by atoms with Crippen molar-refractivity contribution >= 4 is 59.1 Å². The van der Waals surface area contributed by atoms with Gasteiger partial charge in [0, 0.05) is 48.2 Å². The summed E-state index contributed by atoms with van der Waals surface area (Å²) >= 11 is 1.86. The average Bonchev–Trinajstić information content (AvgIpc) is 3.54. The first kappa shape index (κ1) is 28.1. The van der Waals surface area contributed by atoms with Gasteiger partial charge in [0.15, 0.2) is 17.5 Å². The highest BCUT2D eigenvalue weighted by molar-refractivity contribution is 7.26. The van der Waals surface area contributed by atoms with E-state index >= 15 is 0 Å². The van der Waals surface area contributed by atoms with Crippen LogP contribution < -0.4 is 0 Å². The van der Waals surface area contributed by atoms with Crippen molar-refractivity contribution in [3.8, 4) is 34.2 Å². The van der Waals surface area contributed by atoms with E-state index in [4.69, 9.17) is 15.0 Å². The third-order valence-electron chi connectivity index (χ3n) is 9.85. The Kier molecular flexibility index (Phi) is 6.49. The molecular formula is C45H29N3S. The second kappa shape index (κ2) is 11.3.